The summed E-state index contributed by atoms with van der Waals surface area (Å²) in [5.74, 6) is 0. The highest BCUT2D eigenvalue weighted by molar-refractivity contribution is 8.03. The molecule has 1 aromatic carbocycles. The molecule has 1 aromatic rings. The van der Waals surface area contributed by atoms with Gasteiger partial charge in [-0.15, -0.1) is 0 Å². The molecule has 0 N–H and O–H groups in total. The van der Waals surface area contributed by atoms with E-state index in [2.05, 4.69) is 5.40 Å². The summed E-state index contributed by atoms with van der Waals surface area (Å²) in [5, 5.41) is 10.8. The lowest BCUT2D eigenvalue weighted by molar-refractivity contribution is 1.11. The number of thiocyanates is 1. The Morgan fingerprint density at radius 3 is 2.55 bits per heavy atom. The number of thioether (sulfide) groups is 1. The predicted molar refractivity (Wildman–Crippen MR) is 48.1 cm³/mol. The van der Waals surface area contributed by atoms with Gasteiger partial charge in [-0.25, -0.2) is 0 Å². The molecule has 0 spiro atoms. The first-order chi connectivity index (χ1) is 5.34. The van der Waals surface area contributed by atoms with Gasteiger partial charge in [-0.2, -0.15) is 5.26 Å². The molecule has 11 heavy (non-hydrogen) atoms. The number of hydrogen-bond acceptors (Lipinski definition) is 2. The Kier molecular flexibility index (Phi) is 3.00. The van der Waals surface area contributed by atoms with Crippen LogP contribution >= 0.6 is 11.8 Å². The molecule has 1 atom stereocenters. The standard InChI is InChI=1S/C9H9NS/c1-8(11-7-10)9-5-3-2-4-6-9/h2-6,8H,1H3/t8-/m1/s1. The third-order valence-corrected chi connectivity index (χ3v) is 2.23. The van der Waals surface area contributed by atoms with Gasteiger partial charge in [0.2, 0.25) is 0 Å². The van der Waals surface area contributed by atoms with Crippen LogP contribution in [0.3, 0.4) is 0 Å². The smallest absolute Gasteiger partial charge is 0.133 e. The van der Waals surface area contributed by atoms with Crippen molar-refractivity contribution in [3.8, 4) is 5.40 Å². The lowest BCUT2D eigenvalue weighted by Gasteiger charge is -2.04. The van der Waals surface area contributed by atoms with E-state index in [1.165, 1.54) is 17.3 Å². The molecular weight excluding hydrogens is 154 g/mol. The van der Waals surface area contributed by atoms with Crippen molar-refractivity contribution in [1.82, 2.24) is 0 Å². The number of hydrogen-bond donors (Lipinski definition) is 0. The first kappa shape index (κ1) is 8.16. The molecule has 0 heterocycles. The number of rotatable bonds is 2. The monoisotopic (exact) mass is 163 g/mol. The van der Waals surface area contributed by atoms with E-state index in [9.17, 15) is 0 Å². The minimum atomic E-state index is 0.279. The lowest BCUT2D eigenvalue weighted by atomic mass is 10.2. The summed E-state index contributed by atoms with van der Waals surface area (Å²) in [5.41, 5.74) is 1.21. The lowest BCUT2D eigenvalue weighted by Crippen LogP contribution is -1.84. The zero-order valence-corrected chi connectivity index (χ0v) is 7.14. The Morgan fingerprint density at radius 1 is 1.36 bits per heavy atom. The van der Waals surface area contributed by atoms with Gasteiger partial charge in [0, 0.05) is 5.25 Å². The van der Waals surface area contributed by atoms with Crippen LogP contribution in [0.1, 0.15) is 17.7 Å². The van der Waals surface area contributed by atoms with E-state index in [0.29, 0.717) is 0 Å². The van der Waals surface area contributed by atoms with Crippen LogP contribution in [0.4, 0.5) is 0 Å². The van der Waals surface area contributed by atoms with E-state index in [1.807, 2.05) is 37.3 Å². The summed E-state index contributed by atoms with van der Waals surface area (Å²) in [6.45, 7) is 2.03. The van der Waals surface area contributed by atoms with Crippen molar-refractivity contribution < 1.29 is 0 Å². The third-order valence-electron chi connectivity index (χ3n) is 1.50. The fourth-order valence-corrected chi connectivity index (χ4v) is 1.32. The van der Waals surface area contributed by atoms with Crippen molar-refractivity contribution in [1.29, 1.82) is 5.26 Å². The van der Waals surface area contributed by atoms with Crippen molar-refractivity contribution in [2.24, 2.45) is 0 Å². The predicted octanol–water partition coefficient (Wildman–Crippen LogP) is 2.96. The Hall–Kier alpha value is -0.940. The van der Waals surface area contributed by atoms with E-state index in [0.717, 1.165) is 0 Å². The summed E-state index contributed by atoms with van der Waals surface area (Å²) >= 11 is 1.29. The van der Waals surface area contributed by atoms with Crippen LogP contribution in [0.2, 0.25) is 0 Å². The minimum absolute atomic E-state index is 0.279. The highest BCUT2D eigenvalue weighted by Gasteiger charge is 2.02. The van der Waals surface area contributed by atoms with Crippen LogP contribution in [0.15, 0.2) is 30.3 Å². The molecule has 0 aliphatic heterocycles. The molecule has 56 valence electrons. The van der Waals surface area contributed by atoms with Crippen molar-refractivity contribution in [3.63, 3.8) is 0 Å². The van der Waals surface area contributed by atoms with E-state index in [4.69, 9.17) is 5.26 Å². The number of nitrogens with zero attached hydrogens (tertiary/aromatic N) is 1. The SMILES string of the molecule is C[C@@H](SC#N)c1ccccc1. The van der Waals surface area contributed by atoms with Crippen LogP contribution < -0.4 is 0 Å². The number of benzene rings is 1. The van der Waals surface area contributed by atoms with E-state index in [-0.39, 0.29) is 5.25 Å². The molecule has 0 aliphatic rings. The largest absolute Gasteiger partial charge is 0.185 e. The minimum Gasteiger partial charge on any atom is -0.185 e. The van der Waals surface area contributed by atoms with Gasteiger partial charge >= 0.3 is 0 Å². The second-order valence-electron chi connectivity index (χ2n) is 2.26. The van der Waals surface area contributed by atoms with Crippen LogP contribution in [-0.4, -0.2) is 0 Å². The average Bonchev–Trinajstić information content (AvgIpc) is 2.07. The Morgan fingerprint density at radius 2 is 2.00 bits per heavy atom. The molecule has 0 unspecified atom stereocenters. The summed E-state index contributed by atoms with van der Waals surface area (Å²) in [4.78, 5) is 0. The summed E-state index contributed by atoms with van der Waals surface area (Å²) in [6.07, 6.45) is 0. The second kappa shape index (κ2) is 4.05. The first-order valence-electron chi connectivity index (χ1n) is 3.44. The maximum absolute atomic E-state index is 8.41. The van der Waals surface area contributed by atoms with Gasteiger partial charge in [0.1, 0.15) is 5.40 Å². The molecule has 0 radical (unpaired) electrons. The third kappa shape index (κ3) is 2.28. The summed E-state index contributed by atoms with van der Waals surface area (Å²) < 4.78 is 0. The van der Waals surface area contributed by atoms with Crippen LogP contribution in [0.25, 0.3) is 0 Å². The molecule has 1 nitrogen and oxygen atoms in total. The Labute approximate surface area is 71.0 Å². The maximum atomic E-state index is 8.41. The molecule has 0 aromatic heterocycles. The molecular formula is C9H9NS. The molecule has 0 saturated carbocycles. The molecule has 0 bridgehead atoms. The maximum Gasteiger partial charge on any atom is 0.133 e. The van der Waals surface area contributed by atoms with E-state index in [1.54, 1.807) is 0 Å². The molecule has 0 saturated heterocycles. The second-order valence-corrected chi connectivity index (χ2v) is 3.39. The van der Waals surface area contributed by atoms with E-state index >= 15 is 0 Å². The zero-order chi connectivity index (χ0) is 8.10. The molecule has 0 aliphatic carbocycles. The van der Waals surface area contributed by atoms with Crippen LogP contribution in [-0.2, 0) is 0 Å². The fraction of sp³-hybridized carbons (Fsp3) is 0.222. The average molecular weight is 163 g/mol. The zero-order valence-electron chi connectivity index (χ0n) is 6.32. The summed E-state index contributed by atoms with van der Waals surface area (Å²) in [6, 6.07) is 10.0. The van der Waals surface area contributed by atoms with Crippen molar-refractivity contribution >= 4 is 11.8 Å². The van der Waals surface area contributed by atoms with Crippen molar-refractivity contribution in [2.45, 2.75) is 12.2 Å². The van der Waals surface area contributed by atoms with Gasteiger partial charge in [0.15, 0.2) is 0 Å². The highest BCUT2D eigenvalue weighted by atomic mass is 32.2. The Balaban J connectivity index is 2.70. The summed E-state index contributed by atoms with van der Waals surface area (Å²) in [7, 11) is 0. The highest BCUT2D eigenvalue weighted by Crippen LogP contribution is 2.26. The van der Waals surface area contributed by atoms with Gasteiger partial charge in [-0.1, -0.05) is 30.3 Å². The van der Waals surface area contributed by atoms with Gasteiger partial charge in [0.25, 0.3) is 0 Å². The van der Waals surface area contributed by atoms with Gasteiger partial charge < -0.3 is 0 Å². The van der Waals surface area contributed by atoms with Gasteiger partial charge in [-0.3, -0.25) is 0 Å². The van der Waals surface area contributed by atoms with Crippen molar-refractivity contribution in [3.05, 3.63) is 35.9 Å². The molecule has 2 heteroatoms. The molecule has 1 rings (SSSR count). The van der Waals surface area contributed by atoms with E-state index < -0.39 is 0 Å². The fourth-order valence-electron chi connectivity index (χ4n) is 0.871. The van der Waals surface area contributed by atoms with Crippen LogP contribution in [0, 0.1) is 10.7 Å². The normalized spacial score (nSPS) is 12.0. The Bertz CT molecular complexity index is 250. The van der Waals surface area contributed by atoms with Gasteiger partial charge in [0.05, 0.1) is 0 Å². The molecule has 0 amide bonds. The quantitative estimate of drug-likeness (QED) is 0.626. The van der Waals surface area contributed by atoms with Crippen LogP contribution in [0.5, 0.6) is 0 Å². The number of nitriles is 1. The van der Waals surface area contributed by atoms with Gasteiger partial charge in [-0.05, 0) is 24.2 Å². The topological polar surface area (TPSA) is 23.8 Å². The molecule has 0 fully saturated rings. The van der Waals surface area contributed by atoms with Crippen molar-refractivity contribution in [2.75, 3.05) is 0 Å². The first-order valence-corrected chi connectivity index (χ1v) is 4.32.